The lowest BCUT2D eigenvalue weighted by atomic mass is 9.97. The lowest BCUT2D eigenvalue weighted by Crippen LogP contribution is -2.18. The first kappa shape index (κ1) is 10.7. The monoisotopic (exact) mass is 245 g/mol. The number of nitrogens with two attached hydrogens (primary N) is 1. The summed E-state index contributed by atoms with van der Waals surface area (Å²) in [5.74, 6) is 4.22. The molecular weight excluding hydrogens is 226 g/mol. The molecule has 3 unspecified atom stereocenters. The standard InChI is InChI=1S/C15H19NO2/c16-15(14-10-2-1-3-11(10)14)9-4-5-12-13(8-9)18-7-6-17-12/h4-5,8,10-11,14-15H,1-3,6-7,16H2. The van der Waals surface area contributed by atoms with Crippen LogP contribution in [0.2, 0.25) is 0 Å². The minimum absolute atomic E-state index is 0.177. The second kappa shape index (κ2) is 3.89. The maximum atomic E-state index is 6.43. The molecule has 4 rings (SSSR count). The van der Waals surface area contributed by atoms with Crippen molar-refractivity contribution in [2.24, 2.45) is 23.5 Å². The highest BCUT2D eigenvalue weighted by atomic mass is 16.6. The van der Waals surface area contributed by atoms with E-state index < -0.39 is 0 Å². The molecule has 0 amide bonds. The molecule has 3 nitrogen and oxygen atoms in total. The molecule has 2 saturated carbocycles. The molecule has 3 atom stereocenters. The van der Waals surface area contributed by atoms with Gasteiger partial charge >= 0.3 is 0 Å². The average molecular weight is 245 g/mol. The van der Waals surface area contributed by atoms with E-state index in [1.54, 1.807) is 0 Å². The van der Waals surface area contributed by atoms with Gasteiger partial charge < -0.3 is 15.2 Å². The first-order chi connectivity index (χ1) is 8.84. The van der Waals surface area contributed by atoms with Gasteiger partial charge in [0.2, 0.25) is 0 Å². The van der Waals surface area contributed by atoms with Crippen LogP contribution in [0.15, 0.2) is 18.2 Å². The van der Waals surface area contributed by atoms with E-state index in [9.17, 15) is 0 Å². The van der Waals surface area contributed by atoms with Crippen LogP contribution in [0.25, 0.3) is 0 Å². The SMILES string of the molecule is NC(c1ccc2c(c1)OCCO2)C1C2CCCC21. The zero-order valence-corrected chi connectivity index (χ0v) is 10.5. The molecule has 0 spiro atoms. The van der Waals surface area contributed by atoms with E-state index in [4.69, 9.17) is 15.2 Å². The summed E-state index contributed by atoms with van der Waals surface area (Å²) in [4.78, 5) is 0. The van der Waals surface area contributed by atoms with Crippen LogP contribution in [0.4, 0.5) is 0 Å². The Morgan fingerprint density at radius 3 is 2.56 bits per heavy atom. The topological polar surface area (TPSA) is 44.5 Å². The summed E-state index contributed by atoms with van der Waals surface area (Å²) in [6.45, 7) is 1.28. The average Bonchev–Trinajstić information content (AvgIpc) is 2.90. The normalized spacial score (nSPS) is 33.9. The smallest absolute Gasteiger partial charge is 0.161 e. The second-order valence-corrected chi connectivity index (χ2v) is 5.76. The first-order valence-electron chi connectivity index (χ1n) is 7.00. The molecule has 0 radical (unpaired) electrons. The number of hydrogen-bond acceptors (Lipinski definition) is 3. The molecule has 1 aromatic rings. The van der Waals surface area contributed by atoms with Crippen molar-refractivity contribution in [1.29, 1.82) is 0 Å². The van der Waals surface area contributed by atoms with Crippen LogP contribution in [0.3, 0.4) is 0 Å². The molecule has 2 aliphatic carbocycles. The van der Waals surface area contributed by atoms with Crippen LogP contribution in [0.5, 0.6) is 11.5 Å². The lowest BCUT2D eigenvalue weighted by molar-refractivity contribution is 0.171. The van der Waals surface area contributed by atoms with Gasteiger partial charge in [-0.15, -0.1) is 0 Å². The fourth-order valence-corrected chi connectivity index (χ4v) is 3.90. The van der Waals surface area contributed by atoms with Gasteiger partial charge in [0.1, 0.15) is 13.2 Å². The number of ether oxygens (including phenoxy) is 2. The van der Waals surface area contributed by atoms with Crippen LogP contribution in [0.1, 0.15) is 30.9 Å². The van der Waals surface area contributed by atoms with Gasteiger partial charge in [-0.25, -0.2) is 0 Å². The summed E-state index contributed by atoms with van der Waals surface area (Å²) in [5, 5.41) is 0. The molecule has 3 heteroatoms. The second-order valence-electron chi connectivity index (χ2n) is 5.76. The fourth-order valence-electron chi connectivity index (χ4n) is 3.90. The fraction of sp³-hybridized carbons (Fsp3) is 0.600. The summed E-state index contributed by atoms with van der Waals surface area (Å²) in [5.41, 5.74) is 7.63. The minimum Gasteiger partial charge on any atom is -0.486 e. The largest absolute Gasteiger partial charge is 0.486 e. The minimum atomic E-state index is 0.177. The van der Waals surface area contributed by atoms with E-state index in [1.807, 2.05) is 6.07 Å². The van der Waals surface area contributed by atoms with E-state index in [-0.39, 0.29) is 6.04 Å². The van der Waals surface area contributed by atoms with Gasteiger partial charge in [-0.05, 0) is 48.3 Å². The zero-order valence-electron chi connectivity index (χ0n) is 10.5. The molecule has 0 aromatic heterocycles. The number of rotatable bonds is 2. The van der Waals surface area contributed by atoms with Crippen molar-refractivity contribution in [3.8, 4) is 11.5 Å². The predicted octanol–water partition coefficient (Wildman–Crippen LogP) is 2.50. The Labute approximate surface area is 107 Å². The van der Waals surface area contributed by atoms with E-state index >= 15 is 0 Å². The quantitative estimate of drug-likeness (QED) is 0.870. The molecule has 3 aliphatic rings. The highest BCUT2D eigenvalue weighted by molar-refractivity contribution is 5.45. The molecule has 1 heterocycles. The van der Waals surface area contributed by atoms with Gasteiger partial charge in [-0.2, -0.15) is 0 Å². The predicted molar refractivity (Wildman–Crippen MR) is 68.7 cm³/mol. The van der Waals surface area contributed by atoms with Gasteiger partial charge in [0.05, 0.1) is 0 Å². The van der Waals surface area contributed by atoms with Crippen molar-refractivity contribution in [3.05, 3.63) is 23.8 Å². The Kier molecular flexibility index (Phi) is 2.31. The molecule has 18 heavy (non-hydrogen) atoms. The Morgan fingerprint density at radius 2 is 1.78 bits per heavy atom. The van der Waals surface area contributed by atoms with Crippen molar-refractivity contribution >= 4 is 0 Å². The van der Waals surface area contributed by atoms with Crippen LogP contribution in [-0.4, -0.2) is 13.2 Å². The van der Waals surface area contributed by atoms with Crippen LogP contribution >= 0.6 is 0 Å². The van der Waals surface area contributed by atoms with E-state index in [2.05, 4.69) is 12.1 Å². The lowest BCUT2D eigenvalue weighted by Gasteiger charge is -2.21. The number of hydrogen-bond donors (Lipinski definition) is 1. The van der Waals surface area contributed by atoms with Gasteiger partial charge in [0.25, 0.3) is 0 Å². The van der Waals surface area contributed by atoms with Gasteiger partial charge in [0, 0.05) is 6.04 Å². The van der Waals surface area contributed by atoms with Crippen LogP contribution in [0, 0.1) is 17.8 Å². The highest BCUT2D eigenvalue weighted by Crippen LogP contribution is 2.61. The third-order valence-corrected chi connectivity index (χ3v) is 4.84. The number of benzene rings is 1. The molecule has 0 bridgehead atoms. The molecule has 1 aromatic carbocycles. The molecule has 0 saturated heterocycles. The highest BCUT2D eigenvalue weighted by Gasteiger charge is 2.55. The van der Waals surface area contributed by atoms with Crippen molar-refractivity contribution in [2.45, 2.75) is 25.3 Å². The van der Waals surface area contributed by atoms with E-state index in [0.29, 0.717) is 19.1 Å². The van der Waals surface area contributed by atoms with Gasteiger partial charge in [0.15, 0.2) is 11.5 Å². The Balaban J connectivity index is 1.57. The summed E-state index contributed by atoms with van der Waals surface area (Å²) in [7, 11) is 0. The maximum absolute atomic E-state index is 6.43. The van der Waals surface area contributed by atoms with Crippen molar-refractivity contribution in [1.82, 2.24) is 0 Å². The van der Waals surface area contributed by atoms with Gasteiger partial charge in [-0.3, -0.25) is 0 Å². The van der Waals surface area contributed by atoms with E-state index in [1.165, 1.54) is 24.8 Å². The zero-order chi connectivity index (χ0) is 12.1. The van der Waals surface area contributed by atoms with Crippen molar-refractivity contribution < 1.29 is 9.47 Å². The Morgan fingerprint density at radius 1 is 1.06 bits per heavy atom. The van der Waals surface area contributed by atoms with Crippen LogP contribution in [-0.2, 0) is 0 Å². The summed E-state index contributed by atoms with van der Waals surface area (Å²) < 4.78 is 11.2. The summed E-state index contributed by atoms with van der Waals surface area (Å²) in [6, 6.07) is 6.36. The number of fused-ring (bicyclic) bond motifs is 2. The van der Waals surface area contributed by atoms with Gasteiger partial charge in [-0.1, -0.05) is 12.5 Å². The molecule has 1 aliphatic heterocycles. The van der Waals surface area contributed by atoms with Crippen LogP contribution < -0.4 is 15.2 Å². The molecule has 2 N–H and O–H groups in total. The third kappa shape index (κ3) is 1.53. The van der Waals surface area contributed by atoms with E-state index in [0.717, 1.165) is 23.3 Å². The maximum Gasteiger partial charge on any atom is 0.161 e. The first-order valence-corrected chi connectivity index (χ1v) is 7.00. The third-order valence-electron chi connectivity index (χ3n) is 4.84. The van der Waals surface area contributed by atoms with Crippen molar-refractivity contribution in [3.63, 3.8) is 0 Å². The Hall–Kier alpha value is -1.22. The molecule has 96 valence electrons. The summed E-state index contributed by atoms with van der Waals surface area (Å²) >= 11 is 0. The summed E-state index contributed by atoms with van der Waals surface area (Å²) in [6.07, 6.45) is 4.17. The van der Waals surface area contributed by atoms with Crippen molar-refractivity contribution in [2.75, 3.05) is 13.2 Å². The molecule has 2 fully saturated rings. The Bertz CT molecular complexity index is 464. The molecular formula is C15H19NO2.